The summed E-state index contributed by atoms with van der Waals surface area (Å²) in [5.74, 6) is -0.284. The third kappa shape index (κ3) is 5.93. The van der Waals surface area contributed by atoms with Crippen molar-refractivity contribution in [1.82, 2.24) is 10.6 Å². The molecule has 0 spiro atoms. The van der Waals surface area contributed by atoms with Crippen LogP contribution in [0.5, 0.6) is 0 Å². The number of rotatable bonds is 5. The molecule has 1 fully saturated rings. The molecule has 1 aliphatic heterocycles. The van der Waals surface area contributed by atoms with Gasteiger partial charge in [-0.2, -0.15) is 0 Å². The van der Waals surface area contributed by atoms with E-state index in [1.165, 1.54) is 6.07 Å². The van der Waals surface area contributed by atoms with Crippen LogP contribution >= 0.6 is 15.9 Å². The maximum atomic E-state index is 14.7. The SMILES string of the molecule is CC1CN(c2ccc(CNC(=O)NC(C)c3cccc(Br)c3)cc2F)CC(C)O1. The van der Waals surface area contributed by atoms with Gasteiger partial charge in [0.2, 0.25) is 0 Å². The van der Waals surface area contributed by atoms with Gasteiger partial charge in [0.25, 0.3) is 0 Å². The van der Waals surface area contributed by atoms with Crippen LogP contribution in [0.1, 0.15) is 37.9 Å². The summed E-state index contributed by atoms with van der Waals surface area (Å²) < 4.78 is 21.3. The van der Waals surface area contributed by atoms with Gasteiger partial charge in [0, 0.05) is 24.1 Å². The van der Waals surface area contributed by atoms with Crippen molar-refractivity contribution in [2.75, 3.05) is 18.0 Å². The van der Waals surface area contributed by atoms with Gasteiger partial charge in [0.15, 0.2) is 0 Å². The highest BCUT2D eigenvalue weighted by molar-refractivity contribution is 9.10. The Labute approximate surface area is 179 Å². The van der Waals surface area contributed by atoms with Crippen molar-refractivity contribution in [2.45, 2.75) is 45.6 Å². The minimum absolute atomic E-state index is 0.0652. The highest BCUT2D eigenvalue weighted by Crippen LogP contribution is 2.24. The molecule has 3 unspecified atom stereocenters. The highest BCUT2D eigenvalue weighted by Gasteiger charge is 2.24. The molecule has 3 atom stereocenters. The zero-order valence-electron chi connectivity index (χ0n) is 16.9. The number of benzene rings is 2. The fourth-order valence-electron chi connectivity index (χ4n) is 3.58. The number of nitrogens with zero attached hydrogens (tertiary/aromatic N) is 1. The van der Waals surface area contributed by atoms with Crippen molar-refractivity contribution in [2.24, 2.45) is 0 Å². The molecular weight excluding hydrogens is 437 g/mol. The van der Waals surface area contributed by atoms with Crippen LogP contribution in [-0.4, -0.2) is 31.3 Å². The van der Waals surface area contributed by atoms with Gasteiger partial charge in [-0.05, 0) is 56.2 Å². The molecule has 7 heteroatoms. The van der Waals surface area contributed by atoms with Crippen LogP contribution in [-0.2, 0) is 11.3 Å². The van der Waals surface area contributed by atoms with Crippen molar-refractivity contribution < 1.29 is 13.9 Å². The van der Waals surface area contributed by atoms with E-state index >= 15 is 0 Å². The normalized spacial score (nSPS) is 20.2. The Bertz CT molecular complexity index is 854. The quantitative estimate of drug-likeness (QED) is 0.671. The number of morpholine rings is 1. The molecule has 0 aliphatic carbocycles. The van der Waals surface area contributed by atoms with Crippen molar-refractivity contribution in [3.63, 3.8) is 0 Å². The Hall–Kier alpha value is -2.12. The maximum absolute atomic E-state index is 14.7. The minimum Gasteiger partial charge on any atom is -0.372 e. The second-order valence-corrected chi connectivity index (χ2v) is 8.47. The standard InChI is InChI=1S/C22H27BrFN3O2/c1-14-12-27(13-15(2)29-14)21-8-7-17(9-20(21)24)11-25-22(28)26-16(3)18-5-4-6-19(23)10-18/h4-10,14-16H,11-13H2,1-3H3,(H2,25,26,28). The molecule has 0 aromatic heterocycles. The van der Waals surface area contributed by atoms with Crippen LogP contribution < -0.4 is 15.5 Å². The summed E-state index contributed by atoms with van der Waals surface area (Å²) in [4.78, 5) is 14.2. The molecule has 1 heterocycles. The van der Waals surface area contributed by atoms with E-state index in [0.29, 0.717) is 24.3 Å². The number of amides is 2. The molecule has 3 rings (SSSR count). The molecule has 2 N–H and O–H groups in total. The molecule has 29 heavy (non-hydrogen) atoms. The molecule has 0 radical (unpaired) electrons. The molecule has 156 valence electrons. The molecule has 0 saturated carbocycles. The third-order valence-electron chi connectivity index (χ3n) is 4.92. The third-order valence-corrected chi connectivity index (χ3v) is 5.41. The van der Waals surface area contributed by atoms with E-state index in [-0.39, 0.29) is 36.6 Å². The summed E-state index contributed by atoms with van der Waals surface area (Å²) in [5.41, 5.74) is 2.29. The Morgan fingerprint density at radius 3 is 2.62 bits per heavy atom. The van der Waals surface area contributed by atoms with Gasteiger partial charge in [-0.15, -0.1) is 0 Å². The number of anilines is 1. The molecule has 5 nitrogen and oxygen atoms in total. The van der Waals surface area contributed by atoms with Crippen LogP contribution in [0, 0.1) is 5.82 Å². The van der Waals surface area contributed by atoms with Crippen molar-refractivity contribution in [3.05, 3.63) is 63.9 Å². The van der Waals surface area contributed by atoms with E-state index in [1.807, 2.05) is 56.0 Å². The van der Waals surface area contributed by atoms with Gasteiger partial charge in [-0.25, -0.2) is 9.18 Å². The van der Waals surface area contributed by atoms with E-state index in [1.54, 1.807) is 6.07 Å². The van der Waals surface area contributed by atoms with Gasteiger partial charge in [0.05, 0.1) is 23.9 Å². The predicted molar refractivity (Wildman–Crippen MR) is 117 cm³/mol. The average molecular weight is 464 g/mol. The lowest BCUT2D eigenvalue weighted by molar-refractivity contribution is -0.00539. The molecule has 2 aromatic carbocycles. The first-order valence-electron chi connectivity index (χ1n) is 9.80. The monoisotopic (exact) mass is 463 g/mol. The lowest BCUT2D eigenvalue weighted by atomic mass is 10.1. The first-order chi connectivity index (χ1) is 13.8. The van der Waals surface area contributed by atoms with E-state index in [4.69, 9.17) is 4.74 Å². The molecule has 2 amide bonds. The molecule has 1 saturated heterocycles. The summed E-state index contributed by atoms with van der Waals surface area (Å²) >= 11 is 3.43. The number of hydrogen-bond donors (Lipinski definition) is 2. The van der Waals surface area contributed by atoms with Crippen LogP contribution in [0.3, 0.4) is 0 Å². The van der Waals surface area contributed by atoms with Gasteiger partial charge < -0.3 is 20.3 Å². The second-order valence-electron chi connectivity index (χ2n) is 7.55. The highest BCUT2D eigenvalue weighted by atomic mass is 79.9. The van der Waals surface area contributed by atoms with Gasteiger partial charge in [0.1, 0.15) is 5.82 Å². The summed E-state index contributed by atoms with van der Waals surface area (Å²) in [5, 5.41) is 5.69. The first-order valence-corrected chi connectivity index (χ1v) is 10.6. The fourth-order valence-corrected chi connectivity index (χ4v) is 4.00. The maximum Gasteiger partial charge on any atom is 0.315 e. The van der Waals surface area contributed by atoms with E-state index in [0.717, 1.165) is 10.0 Å². The van der Waals surface area contributed by atoms with Gasteiger partial charge >= 0.3 is 6.03 Å². The Morgan fingerprint density at radius 2 is 1.97 bits per heavy atom. The van der Waals surface area contributed by atoms with Crippen LogP contribution in [0.25, 0.3) is 0 Å². The lowest BCUT2D eigenvalue weighted by Gasteiger charge is -2.37. The molecule has 1 aliphatic rings. The predicted octanol–water partition coefficient (Wildman–Crippen LogP) is 4.76. The first kappa shape index (κ1) is 21.6. The number of ether oxygens (including phenoxy) is 1. The average Bonchev–Trinajstić information content (AvgIpc) is 2.65. The van der Waals surface area contributed by atoms with Crippen molar-refractivity contribution >= 4 is 27.6 Å². The topological polar surface area (TPSA) is 53.6 Å². The summed E-state index contributed by atoms with van der Waals surface area (Å²) in [7, 11) is 0. The number of carbonyl (C=O) groups is 1. The second kappa shape index (κ2) is 9.59. The van der Waals surface area contributed by atoms with Crippen LogP contribution in [0.15, 0.2) is 46.9 Å². The van der Waals surface area contributed by atoms with E-state index in [2.05, 4.69) is 26.6 Å². The molecule has 2 aromatic rings. The molecular formula is C22H27BrFN3O2. The Morgan fingerprint density at radius 1 is 1.24 bits per heavy atom. The lowest BCUT2D eigenvalue weighted by Crippen LogP contribution is -2.45. The number of halogens is 2. The number of carbonyl (C=O) groups excluding carboxylic acids is 1. The summed E-state index contributed by atoms with van der Waals surface area (Å²) in [6, 6.07) is 12.5. The largest absolute Gasteiger partial charge is 0.372 e. The van der Waals surface area contributed by atoms with Gasteiger partial charge in [-0.1, -0.05) is 34.1 Å². The Kier molecular flexibility index (Phi) is 7.14. The van der Waals surface area contributed by atoms with Crippen LogP contribution in [0.4, 0.5) is 14.9 Å². The zero-order valence-corrected chi connectivity index (χ0v) is 18.5. The smallest absolute Gasteiger partial charge is 0.315 e. The molecule has 0 bridgehead atoms. The minimum atomic E-state index is -0.294. The van der Waals surface area contributed by atoms with Gasteiger partial charge in [-0.3, -0.25) is 0 Å². The van der Waals surface area contributed by atoms with E-state index < -0.39 is 0 Å². The van der Waals surface area contributed by atoms with Crippen molar-refractivity contribution in [3.8, 4) is 0 Å². The number of hydrogen-bond acceptors (Lipinski definition) is 3. The zero-order chi connectivity index (χ0) is 21.0. The fraction of sp³-hybridized carbons (Fsp3) is 0.409. The Balaban J connectivity index is 1.55. The van der Waals surface area contributed by atoms with Crippen LogP contribution in [0.2, 0.25) is 0 Å². The number of urea groups is 1. The summed E-state index contributed by atoms with van der Waals surface area (Å²) in [6.07, 6.45) is 0.130. The number of nitrogens with one attached hydrogen (secondary N) is 2. The van der Waals surface area contributed by atoms with E-state index in [9.17, 15) is 9.18 Å². The van der Waals surface area contributed by atoms with Crippen molar-refractivity contribution in [1.29, 1.82) is 0 Å². The summed E-state index contributed by atoms with van der Waals surface area (Å²) in [6.45, 7) is 7.48.